The zero-order chi connectivity index (χ0) is 19.4. The van der Waals surface area contributed by atoms with E-state index < -0.39 is 0 Å². The normalized spacial score (nSPS) is 13.7. The van der Waals surface area contributed by atoms with Gasteiger partial charge in [0, 0.05) is 29.0 Å². The molecule has 1 heterocycles. The third-order valence-electron chi connectivity index (χ3n) is 4.44. The van der Waals surface area contributed by atoms with Crippen molar-refractivity contribution in [1.29, 1.82) is 0 Å². The van der Waals surface area contributed by atoms with Crippen LogP contribution in [0.15, 0.2) is 48.5 Å². The number of nitrogens with one attached hydrogen (secondary N) is 2. The predicted molar refractivity (Wildman–Crippen MR) is 109 cm³/mol. The molecule has 2 aromatic rings. The van der Waals surface area contributed by atoms with Crippen molar-refractivity contribution in [2.45, 2.75) is 39.2 Å². The fraction of sp³-hybridized carbons (Fsp3) is 0.364. The number of aryl methyl sites for hydroxylation is 1. The van der Waals surface area contributed by atoms with Crippen LogP contribution in [0.1, 0.15) is 43.1 Å². The van der Waals surface area contributed by atoms with E-state index in [9.17, 15) is 9.59 Å². The van der Waals surface area contributed by atoms with Gasteiger partial charge in [0.15, 0.2) is 0 Å². The second kappa shape index (κ2) is 7.82. The molecular weight excluding hydrogens is 338 g/mol. The highest BCUT2D eigenvalue weighted by molar-refractivity contribution is 5.98. The molecule has 0 aliphatic carbocycles. The van der Waals surface area contributed by atoms with E-state index in [1.165, 1.54) is 5.56 Å². The molecule has 1 aliphatic rings. The lowest BCUT2D eigenvalue weighted by Crippen LogP contribution is -2.40. The van der Waals surface area contributed by atoms with Gasteiger partial charge < -0.3 is 15.5 Å². The van der Waals surface area contributed by atoms with Gasteiger partial charge in [-0.3, -0.25) is 9.59 Å². The van der Waals surface area contributed by atoms with Gasteiger partial charge in [-0.1, -0.05) is 24.3 Å². The van der Waals surface area contributed by atoms with E-state index >= 15 is 0 Å². The highest BCUT2D eigenvalue weighted by atomic mass is 16.2. The molecule has 0 atom stereocenters. The highest BCUT2D eigenvalue weighted by Crippen LogP contribution is 2.26. The number of amides is 2. The molecule has 0 saturated heterocycles. The maximum Gasteiger partial charge on any atom is 0.251 e. The average Bonchev–Trinajstić information content (AvgIpc) is 2.61. The first-order valence-electron chi connectivity index (χ1n) is 9.37. The molecule has 0 fully saturated rings. The van der Waals surface area contributed by atoms with Crippen LogP contribution in [-0.4, -0.2) is 30.4 Å². The average molecular weight is 365 g/mol. The number of hydrogen-bond acceptors (Lipinski definition) is 3. The van der Waals surface area contributed by atoms with Gasteiger partial charge in [-0.2, -0.15) is 0 Å². The minimum Gasteiger partial charge on any atom is -0.362 e. The molecule has 142 valence electrons. The number of nitrogens with zero attached hydrogens (tertiary/aromatic N) is 1. The van der Waals surface area contributed by atoms with Crippen LogP contribution in [0.3, 0.4) is 0 Å². The van der Waals surface area contributed by atoms with Crippen LogP contribution >= 0.6 is 0 Å². The van der Waals surface area contributed by atoms with E-state index in [4.69, 9.17) is 0 Å². The van der Waals surface area contributed by atoms with Crippen molar-refractivity contribution in [3.63, 3.8) is 0 Å². The Hall–Kier alpha value is -2.82. The van der Waals surface area contributed by atoms with Gasteiger partial charge in [-0.15, -0.1) is 0 Å². The summed E-state index contributed by atoms with van der Waals surface area (Å²) < 4.78 is 0. The molecular formula is C22H27N3O2. The first kappa shape index (κ1) is 19.0. The minimum atomic E-state index is -0.308. The number of anilines is 2. The van der Waals surface area contributed by atoms with Crippen LogP contribution in [0.25, 0.3) is 0 Å². The summed E-state index contributed by atoms with van der Waals surface area (Å²) >= 11 is 0. The van der Waals surface area contributed by atoms with E-state index in [1.54, 1.807) is 24.3 Å². The largest absolute Gasteiger partial charge is 0.362 e. The molecule has 0 spiro atoms. The Bertz CT molecular complexity index is 839. The second-order valence-corrected chi connectivity index (χ2v) is 7.99. The molecule has 2 amide bonds. The predicted octanol–water partition coefficient (Wildman–Crippen LogP) is 3.61. The lowest BCUT2D eigenvalue weighted by Gasteiger charge is -2.30. The summed E-state index contributed by atoms with van der Waals surface area (Å²) in [6.45, 7) is 6.99. The molecule has 2 aromatic carbocycles. The molecule has 2 N–H and O–H groups in total. The molecule has 27 heavy (non-hydrogen) atoms. The lowest BCUT2D eigenvalue weighted by atomic mass is 10.0. The Morgan fingerprint density at radius 2 is 1.85 bits per heavy atom. The summed E-state index contributed by atoms with van der Waals surface area (Å²) in [4.78, 5) is 27.0. The van der Waals surface area contributed by atoms with Crippen molar-refractivity contribution in [2.75, 3.05) is 23.3 Å². The maximum atomic E-state index is 12.5. The van der Waals surface area contributed by atoms with Gasteiger partial charge in [-0.05, 0) is 63.4 Å². The molecule has 5 heteroatoms. The molecule has 1 aliphatic heterocycles. The van der Waals surface area contributed by atoms with Crippen LogP contribution < -0.4 is 15.5 Å². The van der Waals surface area contributed by atoms with Crippen molar-refractivity contribution < 1.29 is 9.59 Å². The van der Waals surface area contributed by atoms with Crippen molar-refractivity contribution >= 4 is 23.2 Å². The number of benzene rings is 2. The fourth-order valence-corrected chi connectivity index (χ4v) is 3.30. The smallest absolute Gasteiger partial charge is 0.251 e. The molecule has 0 saturated carbocycles. The van der Waals surface area contributed by atoms with Gasteiger partial charge in [-0.25, -0.2) is 0 Å². The monoisotopic (exact) mass is 365 g/mol. The lowest BCUT2D eigenvalue weighted by molar-refractivity contribution is -0.115. The SMILES string of the molecule is CC(C)(C)NC(=O)c1cccc(NC(=O)CN2CCCc3ccccc32)c1. The molecule has 3 rings (SSSR count). The number of fused-ring (bicyclic) bond motifs is 1. The molecule has 0 unspecified atom stereocenters. The summed E-state index contributed by atoms with van der Waals surface area (Å²) in [5, 5.41) is 5.85. The van der Waals surface area contributed by atoms with Crippen LogP contribution in [0.4, 0.5) is 11.4 Å². The topological polar surface area (TPSA) is 61.4 Å². The van der Waals surface area contributed by atoms with Gasteiger partial charge >= 0.3 is 0 Å². The van der Waals surface area contributed by atoms with E-state index in [1.807, 2.05) is 32.9 Å². The van der Waals surface area contributed by atoms with E-state index in [0.717, 1.165) is 25.1 Å². The Balaban J connectivity index is 1.65. The summed E-state index contributed by atoms with van der Waals surface area (Å²) in [6, 6.07) is 15.3. The summed E-state index contributed by atoms with van der Waals surface area (Å²) in [5.41, 5.74) is 3.28. The number of rotatable bonds is 4. The van der Waals surface area contributed by atoms with Crippen molar-refractivity contribution in [3.05, 3.63) is 59.7 Å². The number of carbonyl (C=O) groups excluding carboxylic acids is 2. The second-order valence-electron chi connectivity index (χ2n) is 7.99. The number of para-hydroxylation sites is 1. The van der Waals surface area contributed by atoms with E-state index in [0.29, 0.717) is 17.8 Å². The minimum absolute atomic E-state index is 0.0833. The summed E-state index contributed by atoms with van der Waals surface area (Å²) in [7, 11) is 0. The van der Waals surface area contributed by atoms with Gasteiger partial charge in [0.1, 0.15) is 0 Å². The van der Waals surface area contributed by atoms with Crippen molar-refractivity contribution in [2.24, 2.45) is 0 Å². The third-order valence-corrected chi connectivity index (χ3v) is 4.44. The maximum absolute atomic E-state index is 12.5. The van der Waals surface area contributed by atoms with Crippen molar-refractivity contribution in [1.82, 2.24) is 5.32 Å². The quantitative estimate of drug-likeness (QED) is 0.870. The first-order chi connectivity index (χ1) is 12.8. The van der Waals surface area contributed by atoms with Crippen LogP contribution in [0.2, 0.25) is 0 Å². The molecule has 0 aromatic heterocycles. The Morgan fingerprint density at radius 3 is 2.63 bits per heavy atom. The zero-order valence-corrected chi connectivity index (χ0v) is 16.2. The Morgan fingerprint density at radius 1 is 1.07 bits per heavy atom. The van der Waals surface area contributed by atoms with Crippen LogP contribution in [0.5, 0.6) is 0 Å². The van der Waals surface area contributed by atoms with Crippen LogP contribution in [-0.2, 0) is 11.2 Å². The number of hydrogen-bond donors (Lipinski definition) is 2. The molecule has 0 bridgehead atoms. The molecule has 5 nitrogen and oxygen atoms in total. The molecule has 0 radical (unpaired) electrons. The van der Waals surface area contributed by atoms with E-state index in [2.05, 4.69) is 27.7 Å². The zero-order valence-electron chi connectivity index (χ0n) is 16.2. The highest BCUT2D eigenvalue weighted by Gasteiger charge is 2.19. The van der Waals surface area contributed by atoms with Gasteiger partial charge in [0.25, 0.3) is 5.91 Å². The summed E-state index contributed by atoms with van der Waals surface area (Å²) in [6.07, 6.45) is 2.10. The summed E-state index contributed by atoms with van der Waals surface area (Å²) in [5.74, 6) is -0.233. The third kappa shape index (κ3) is 5.09. The van der Waals surface area contributed by atoms with Gasteiger partial charge in [0.2, 0.25) is 5.91 Å². The Labute approximate surface area is 160 Å². The van der Waals surface area contributed by atoms with Gasteiger partial charge in [0.05, 0.1) is 6.54 Å². The van der Waals surface area contributed by atoms with E-state index in [-0.39, 0.29) is 17.4 Å². The first-order valence-corrected chi connectivity index (χ1v) is 9.37. The standard InChI is InChI=1S/C22H27N3O2/c1-22(2,3)24-21(27)17-9-6-11-18(14-17)23-20(26)15-25-13-7-10-16-8-4-5-12-19(16)25/h4-6,8-9,11-12,14H,7,10,13,15H2,1-3H3,(H,23,26)(H,24,27). The van der Waals surface area contributed by atoms with Crippen LogP contribution in [0, 0.1) is 0 Å². The van der Waals surface area contributed by atoms with Crippen molar-refractivity contribution in [3.8, 4) is 0 Å². The Kier molecular flexibility index (Phi) is 5.49. The number of carbonyl (C=O) groups is 2. The fourth-order valence-electron chi connectivity index (χ4n) is 3.30.